The fraction of sp³-hybridized carbons (Fsp3) is 0.543. The quantitative estimate of drug-likeness (QED) is 0.129. The van der Waals surface area contributed by atoms with Crippen LogP contribution in [0, 0.1) is 11.8 Å². The second-order valence-corrected chi connectivity index (χ2v) is 11.5. The van der Waals surface area contributed by atoms with Crippen LogP contribution in [-0.2, 0) is 23.8 Å². The average Bonchev–Trinajstić information content (AvgIpc) is 3.29. The number of benzene rings is 1. The highest BCUT2D eigenvalue weighted by molar-refractivity contribution is 6.27. The van der Waals surface area contributed by atoms with E-state index in [1.807, 2.05) is 12.2 Å². The molecule has 0 radical (unpaired) electrons. The van der Waals surface area contributed by atoms with Gasteiger partial charge in [0, 0.05) is 30.4 Å². The number of hydrogen-bond acceptors (Lipinski definition) is 9. The second-order valence-electron chi connectivity index (χ2n) is 11.5. The standard InChI is InChI=1S/C35H45NO8/c1-4-6-10-23(5-2)22-44-31(38)14-9-20-43-29-12-7-11-24-15-18-28(36-33(24)29)32-34(39)26-17-16-25(21-27(26)35(32)40)42-19-8-13-30(37)41-3/h11,15-18,21,23,28,32,36H,4-10,12-14,19-20,22H2,1-3H3. The molecule has 9 nitrogen and oxygen atoms in total. The predicted molar refractivity (Wildman–Crippen MR) is 165 cm³/mol. The van der Waals surface area contributed by atoms with Crippen molar-refractivity contribution in [1.82, 2.24) is 5.32 Å². The van der Waals surface area contributed by atoms with Gasteiger partial charge < -0.3 is 24.3 Å². The van der Waals surface area contributed by atoms with E-state index in [0.29, 0.717) is 61.7 Å². The van der Waals surface area contributed by atoms with E-state index in [-0.39, 0.29) is 36.5 Å². The minimum Gasteiger partial charge on any atom is -0.496 e. The minimum absolute atomic E-state index is 0.197. The van der Waals surface area contributed by atoms with Crippen molar-refractivity contribution in [3.05, 3.63) is 64.6 Å². The third-order valence-corrected chi connectivity index (χ3v) is 8.39. The monoisotopic (exact) mass is 607 g/mol. The third kappa shape index (κ3) is 8.39. The number of unbranched alkanes of at least 4 members (excludes halogenated alkanes) is 1. The maximum absolute atomic E-state index is 13.5. The van der Waals surface area contributed by atoms with Gasteiger partial charge >= 0.3 is 11.9 Å². The number of allylic oxidation sites excluding steroid dienone is 3. The molecule has 4 rings (SSSR count). The molecule has 0 saturated heterocycles. The number of ketones is 2. The minimum atomic E-state index is -0.896. The molecule has 0 saturated carbocycles. The number of fused-ring (bicyclic) bond motifs is 2. The summed E-state index contributed by atoms with van der Waals surface area (Å²) in [7, 11) is 1.34. The molecule has 1 aromatic rings. The molecule has 0 bridgehead atoms. The molecule has 3 atom stereocenters. The Morgan fingerprint density at radius 1 is 0.977 bits per heavy atom. The largest absolute Gasteiger partial charge is 0.496 e. The lowest BCUT2D eigenvalue weighted by molar-refractivity contribution is -0.145. The van der Waals surface area contributed by atoms with Crippen molar-refractivity contribution >= 4 is 23.5 Å². The SMILES string of the molecule is CCCCC(CC)COC(=O)CCCOC1=C2NC(C3C(=O)c4ccc(OCCCC(=O)OC)cc4C3=O)C=CC2=CCC1. The van der Waals surface area contributed by atoms with Crippen LogP contribution in [0.4, 0.5) is 0 Å². The van der Waals surface area contributed by atoms with Crippen molar-refractivity contribution in [3.63, 3.8) is 0 Å². The van der Waals surface area contributed by atoms with Gasteiger partial charge in [0.15, 0.2) is 11.6 Å². The number of nitrogens with one attached hydrogen (secondary N) is 1. The van der Waals surface area contributed by atoms with Crippen LogP contribution < -0.4 is 10.1 Å². The van der Waals surface area contributed by atoms with Gasteiger partial charge in [0.25, 0.3) is 0 Å². The lowest BCUT2D eigenvalue weighted by Crippen LogP contribution is -2.42. The van der Waals surface area contributed by atoms with E-state index in [2.05, 4.69) is 30.0 Å². The highest BCUT2D eigenvalue weighted by atomic mass is 16.5. The van der Waals surface area contributed by atoms with Gasteiger partial charge in [0.05, 0.1) is 38.7 Å². The fourth-order valence-electron chi connectivity index (χ4n) is 5.74. The summed E-state index contributed by atoms with van der Waals surface area (Å²) in [6.45, 7) is 5.44. The molecule has 0 spiro atoms. The Morgan fingerprint density at radius 2 is 1.73 bits per heavy atom. The van der Waals surface area contributed by atoms with Crippen molar-refractivity contribution in [2.45, 2.75) is 84.1 Å². The van der Waals surface area contributed by atoms with Gasteiger partial charge in [0.1, 0.15) is 17.4 Å². The second kappa shape index (κ2) is 16.3. The van der Waals surface area contributed by atoms with Crippen LogP contribution in [0.2, 0.25) is 0 Å². The number of carbonyl (C=O) groups is 4. The van der Waals surface area contributed by atoms with Crippen molar-refractivity contribution < 1.29 is 38.1 Å². The number of ether oxygens (including phenoxy) is 4. The first-order chi connectivity index (χ1) is 21.4. The summed E-state index contributed by atoms with van der Waals surface area (Å²) in [5.74, 6) is -0.218. The van der Waals surface area contributed by atoms with Gasteiger partial charge in [-0.05, 0) is 55.4 Å². The molecular formula is C35H45NO8. The zero-order valence-corrected chi connectivity index (χ0v) is 26.2. The number of methoxy groups -OCH3 is 1. The van der Waals surface area contributed by atoms with E-state index < -0.39 is 12.0 Å². The predicted octanol–water partition coefficient (Wildman–Crippen LogP) is 6.03. The number of rotatable bonds is 17. The van der Waals surface area contributed by atoms with E-state index >= 15 is 0 Å². The molecule has 0 aromatic heterocycles. The zero-order chi connectivity index (χ0) is 31.5. The molecule has 1 aliphatic heterocycles. The molecule has 1 heterocycles. The molecule has 1 aromatic carbocycles. The number of Topliss-reactive ketones (excluding diaryl/α,β-unsaturated/α-hetero) is 2. The molecular weight excluding hydrogens is 562 g/mol. The summed E-state index contributed by atoms with van der Waals surface area (Å²) in [5, 5.41) is 3.41. The lowest BCUT2D eigenvalue weighted by atomic mass is 9.88. The lowest BCUT2D eigenvalue weighted by Gasteiger charge is -2.31. The number of esters is 2. The van der Waals surface area contributed by atoms with Gasteiger partial charge in [-0.15, -0.1) is 0 Å². The summed E-state index contributed by atoms with van der Waals surface area (Å²) in [6.07, 6.45) is 13.4. The normalized spacial score (nSPS) is 19.5. The van der Waals surface area contributed by atoms with Crippen LogP contribution in [-0.4, -0.2) is 56.5 Å². The van der Waals surface area contributed by atoms with Crippen LogP contribution in [0.5, 0.6) is 5.75 Å². The Hall–Kier alpha value is -3.88. The van der Waals surface area contributed by atoms with Crippen molar-refractivity contribution in [2.75, 3.05) is 26.9 Å². The van der Waals surface area contributed by atoms with Gasteiger partial charge in [-0.25, -0.2) is 0 Å². The third-order valence-electron chi connectivity index (χ3n) is 8.39. The summed E-state index contributed by atoms with van der Waals surface area (Å²) in [5.41, 5.74) is 2.49. The molecule has 1 N–H and O–H groups in total. The van der Waals surface area contributed by atoms with Gasteiger partial charge in [-0.1, -0.05) is 51.3 Å². The highest BCUT2D eigenvalue weighted by Gasteiger charge is 2.44. The number of carbonyl (C=O) groups excluding carboxylic acids is 4. The molecule has 44 heavy (non-hydrogen) atoms. The van der Waals surface area contributed by atoms with Crippen LogP contribution in [0.3, 0.4) is 0 Å². The van der Waals surface area contributed by atoms with Crippen molar-refractivity contribution in [1.29, 1.82) is 0 Å². The smallest absolute Gasteiger partial charge is 0.305 e. The Morgan fingerprint density at radius 3 is 2.48 bits per heavy atom. The van der Waals surface area contributed by atoms with E-state index in [1.165, 1.54) is 7.11 Å². The van der Waals surface area contributed by atoms with Crippen molar-refractivity contribution in [3.8, 4) is 5.75 Å². The summed E-state index contributed by atoms with van der Waals surface area (Å²) in [4.78, 5) is 50.4. The first kappa shape index (κ1) is 33.0. The summed E-state index contributed by atoms with van der Waals surface area (Å²) >= 11 is 0. The van der Waals surface area contributed by atoms with Gasteiger partial charge in [0.2, 0.25) is 0 Å². The molecule has 3 aliphatic rings. The van der Waals surface area contributed by atoms with Crippen LogP contribution in [0.25, 0.3) is 0 Å². The van der Waals surface area contributed by atoms with Crippen LogP contribution in [0.1, 0.15) is 98.8 Å². The van der Waals surface area contributed by atoms with Crippen LogP contribution >= 0.6 is 0 Å². The number of hydrogen-bond donors (Lipinski definition) is 1. The maximum Gasteiger partial charge on any atom is 0.305 e. The topological polar surface area (TPSA) is 117 Å². The van der Waals surface area contributed by atoms with E-state index in [0.717, 1.165) is 49.1 Å². The Balaban J connectivity index is 1.32. The Bertz CT molecular complexity index is 1310. The highest BCUT2D eigenvalue weighted by Crippen LogP contribution is 2.36. The van der Waals surface area contributed by atoms with Gasteiger partial charge in [-0.2, -0.15) is 0 Å². The summed E-state index contributed by atoms with van der Waals surface area (Å²) < 4.78 is 22.0. The van der Waals surface area contributed by atoms with E-state index in [9.17, 15) is 19.2 Å². The fourth-order valence-corrected chi connectivity index (χ4v) is 5.74. The molecule has 0 amide bonds. The molecule has 0 fully saturated rings. The van der Waals surface area contributed by atoms with Gasteiger partial charge in [-0.3, -0.25) is 19.2 Å². The zero-order valence-electron chi connectivity index (χ0n) is 26.2. The van der Waals surface area contributed by atoms with Crippen molar-refractivity contribution in [2.24, 2.45) is 11.8 Å². The Kier molecular flexibility index (Phi) is 12.2. The van der Waals surface area contributed by atoms with E-state index in [1.54, 1.807) is 18.2 Å². The first-order valence-corrected chi connectivity index (χ1v) is 15.9. The molecule has 2 aliphatic carbocycles. The molecule has 9 heteroatoms. The average molecular weight is 608 g/mol. The molecule has 238 valence electrons. The first-order valence-electron chi connectivity index (χ1n) is 15.9. The Labute approximate surface area is 260 Å². The summed E-state index contributed by atoms with van der Waals surface area (Å²) in [6, 6.07) is 4.40. The maximum atomic E-state index is 13.5. The van der Waals surface area contributed by atoms with Crippen LogP contribution in [0.15, 0.2) is 53.5 Å². The molecule has 3 unspecified atom stereocenters. The van der Waals surface area contributed by atoms with E-state index in [4.69, 9.17) is 14.2 Å².